The third-order valence-corrected chi connectivity index (χ3v) is 6.19. The fourth-order valence-electron chi connectivity index (χ4n) is 4.54. The minimum atomic E-state index is -0.241. The molecule has 3 aromatic carbocycles. The van der Waals surface area contributed by atoms with Crippen molar-refractivity contribution in [2.45, 2.75) is 6.54 Å². The lowest BCUT2D eigenvalue weighted by Crippen LogP contribution is -2.46. The zero-order valence-corrected chi connectivity index (χ0v) is 18.6. The first-order valence-corrected chi connectivity index (χ1v) is 11.2. The number of rotatable bonds is 5. The maximum Gasteiger partial charge on any atom is 0.222 e. The molecule has 6 nitrogen and oxygen atoms in total. The molecule has 1 aliphatic rings. The molecule has 1 aliphatic heterocycles. The highest BCUT2D eigenvalue weighted by Gasteiger charge is 2.22. The van der Waals surface area contributed by atoms with E-state index >= 15 is 4.39 Å². The average molecular weight is 443 g/mol. The molecule has 0 saturated carbocycles. The molecule has 0 aliphatic carbocycles. The molecule has 168 valence electrons. The maximum atomic E-state index is 15.2. The summed E-state index contributed by atoms with van der Waals surface area (Å²) in [6, 6.07) is 21.6. The van der Waals surface area contributed by atoms with Crippen LogP contribution >= 0.6 is 0 Å². The van der Waals surface area contributed by atoms with Gasteiger partial charge in [-0.25, -0.2) is 9.37 Å². The van der Waals surface area contributed by atoms with Crippen molar-refractivity contribution < 1.29 is 4.39 Å². The molecule has 0 radical (unpaired) electrons. The van der Waals surface area contributed by atoms with Gasteiger partial charge in [-0.3, -0.25) is 4.90 Å². The summed E-state index contributed by atoms with van der Waals surface area (Å²) in [5.74, 6) is 0.606. The standard InChI is InChI=1S/C26H27FN6/c1-29-25-20-11-10-19(16-22(20)30-26(28)31-25)24-21(27)8-5-9-23(24)33-14-12-32(13-15-33)17-18-6-3-2-4-7-18/h2-11,16H,12-15,17H2,1H3,(H3,28,29,30,31). The van der Waals surface area contributed by atoms with E-state index in [1.54, 1.807) is 13.1 Å². The van der Waals surface area contributed by atoms with Crippen molar-refractivity contribution in [3.05, 3.63) is 78.1 Å². The van der Waals surface area contributed by atoms with E-state index in [2.05, 4.69) is 49.4 Å². The second kappa shape index (κ2) is 9.03. The van der Waals surface area contributed by atoms with E-state index in [9.17, 15) is 0 Å². The third kappa shape index (κ3) is 4.32. The van der Waals surface area contributed by atoms with E-state index in [0.717, 1.165) is 49.4 Å². The Morgan fingerprint density at radius 2 is 1.73 bits per heavy atom. The molecular weight excluding hydrogens is 415 g/mol. The molecule has 1 aromatic heterocycles. The Hall–Kier alpha value is -3.71. The van der Waals surface area contributed by atoms with Gasteiger partial charge >= 0.3 is 0 Å². The number of piperazine rings is 1. The van der Waals surface area contributed by atoms with Crippen molar-refractivity contribution in [1.82, 2.24) is 14.9 Å². The number of aromatic nitrogens is 2. The molecule has 0 unspecified atom stereocenters. The van der Waals surface area contributed by atoms with Crippen LogP contribution in [0.3, 0.4) is 0 Å². The van der Waals surface area contributed by atoms with Crippen LogP contribution in [0.1, 0.15) is 5.56 Å². The average Bonchev–Trinajstić information content (AvgIpc) is 2.84. The van der Waals surface area contributed by atoms with Gasteiger partial charge in [0.2, 0.25) is 5.95 Å². The molecule has 0 amide bonds. The Balaban J connectivity index is 1.43. The van der Waals surface area contributed by atoms with Crippen LogP contribution in [0.25, 0.3) is 22.0 Å². The lowest BCUT2D eigenvalue weighted by Gasteiger charge is -2.37. The van der Waals surface area contributed by atoms with E-state index in [1.807, 2.05) is 30.3 Å². The fraction of sp³-hybridized carbons (Fsp3) is 0.231. The molecule has 4 aromatic rings. The van der Waals surface area contributed by atoms with Gasteiger partial charge < -0.3 is 16.0 Å². The minimum Gasteiger partial charge on any atom is -0.372 e. The zero-order chi connectivity index (χ0) is 22.8. The highest BCUT2D eigenvalue weighted by molar-refractivity contribution is 5.94. The van der Waals surface area contributed by atoms with E-state index in [0.29, 0.717) is 16.9 Å². The lowest BCUT2D eigenvalue weighted by molar-refractivity contribution is 0.250. The number of hydrogen-bond acceptors (Lipinski definition) is 6. The second-order valence-electron chi connectivity index (χ2n) is 8.30. The molecule has 2 heterocycles. The summed E-state index contributed by atoms with van der Waals surface area (Å²) in [5.41, 5.74) is 10.2. The van der Waals surface area contributed by atoms with E-state index in [4.69, 9.17) is 5.73 Å². The quantitative estimate of drug-likeness (QED) is 0.478. The summed E-state index contributed by atoms with van der Waals surface area (Å²) >= 11 is 0. The Bertz CT molecular complexity index is 1270. The van der Waals surface area contributed by atoms with Crippen LogP contribution in [0.15, 0.2) is 66.7 Å². The predicted molar refractivity (Wildman–Crippen MR) is 133 cm³/mol. The number of nitrogens with one attached hydrogen (secondary N) is 1. The number of halogens is 1. The topological polar surface area (TPSA) is 70.3 Å². The van der Waals surface area contributed by atoms with Gasteiger partial charge in [0.25, 0.3) is 0 Å². The molecule has 7 heteroatoms. The molecule has 1 saturated heterocycles. The van der Waals surface area contributed by atoms with Gasteiger partial charge in [-0.1, -0.05) is 42.5 Å². The molecule has 0 spiro atoms. The Morgan fingerprint density at radius 1 is 0.939 bits per heavy atom. The number of nitrogen functional groups attached to an aromatic ring is 1. The van der Waals surface area contributed by atoms with E-state index in [-0.39, 0.29) is 11.8 Å². The Kier molecular flexibility index (Phi) is 5.79. The first-order valence-electron chi connectivity index (χ1n) is 11.2. The van der Waals surface area contributed by atoms with Crippen LogP contribution < -0.4 is 16.0 Å². The van der Waals surface area contributed by atoms with Crippen molar-refractivity contribution >= 4 is 28.4 Å². The van der Waals surface area contributed by atoms with Gasteiger partial charge in [0.05, 0.1) is 5.52 Å². The van der Waals surface area contributed by atoms with Crippen molar-refractivity contribution in [2.24, 2.45) is 0 Å². The van der Waals surface area contributed by atoms with Crippen molar-refractivity contribution in [2.75, 3.05) is 49.2 Å². The summed E-state index contributed by atoms with van der Waals surface area (Å²) in [7, 11) is 1.79. The lowest BCUT2D eigenvalue weighted by atomic mass is 10.00. The molecule has 1 fully saturated rings. The van der Waals surface area contributed by atoms with Gasteiger partial charge in [0.1, 0.15) is 11.6 Å². The van der Waals surface area contributed by atoms with Gasteiger partial charge in [0.15, 0.2) is 0 Å². The van der Waals surface area contributed by atoms with Gasteiger partial charge in [-0.2, -0.15) is 4.98 Å². The summed E-state index contributed by atoms with van der Waals surface area (Å²) in [6.07, 6.45) is 0. The van der Waals surface area contributed by atoms with Gasteiger partial charge in [-0.15, -0.1) is 0 Å². The van der Waals surface area contributed by atoms with Crippen LogP contribution in [0.2, 0.25) is 0 Å². The predicted octanol–water partition coefficient (Wildman–Crippen LogP) is 4.38. The number of hydrogen-bond donors (Lipinski definition) is 2. The van der Waals surface area contributed by atoms with Crippen molar-refractivity contribution in [3.8, 4) is 11.1 Å². The SMILES string of the molecule is CNc1nc(N)nc2cc(-c3c(F)cccc3N3CCN(Cc4ccccc4)CC3)ccc12. The summed E-state index contributed by atoms with van der Waals surface area (Å²) < 4.78 is 15.2. The van der Waals surface area contributed by atoms with Gasteiger partial charge in [0, 0.05) is 56.4 Å². The molecular formula is C26H27FN6. The summed E-state index contributed by atoms with van der Waals surface area (Å²) in [4.78, 5) is 13.3. The number of anilines is 3. The van der Waals surface area contributed by atoms with Gasteiger partial charge in [-0.05, 0) is 35.4 Å². The molecule has 5 rings (SSSR count). The summed E-state index contributed by atoms with van der Waals surface area (Å²) in [6.45, 7) is 4.48. The first-order chi connectivity index (χ1) is 16.1. The monoisotopic (exact) mass is 442 g/mol. The van der Waals surface area contributed by atoms with Crippen LogP contribution in [-0.4, -0.2) is 48.1 Å². The normalized spacial score (nSPS) is 14.5. The largest absolute Gasteiger partial charge is 0.372 e. The van der Waals surface area contributed by atoms with Crippen molar-refractivity contribution in [3.63, 3.8) is 0 Å². The highest BCUT2D eigenvalue weighted by Crippen LogP contribution is 2.36. The van der Waals surface area contributed by atoms with E-state index in [1.165, 1.54) is 11.6 Å². The van der Waals surface area contributed by atoms with Crippen molar-refractivity contribution in [1.29, 1.82) is 0 Å². The zero-order valence-electron chi connectivity index (χ0n) is 18.6. The number of nitrogens with two attached hydrogens (primary N) is 1. The highest BCUT2D eigenvalue weighted by atomic mass is 19.1. The minimum absolute atomic E-state index is 0.187. The Labute approximate surface area is 192 Å². The number of benzene rings is 3. The van der Waals surface area contributed by atoms with Crippen LogP contribution in [-0.2, 0) is 6.54 Å². The third-order valence-electron chi connectivity index (χ3n) is 6.19. The fourth-order valence-corrected chi connectivity index (χ4v) is 4.54. The smallest absolute Gasteiger partial charge is 0.222 e. The maximum absolute atomic E-state index is 15.2. The molecule has 0 bridgehead atoms. The van der Waals surface area contributed by atoms with Crippen LogP contribution in [0.5, 0.6) is 0 Å². The number of fused-ring (bicyclic) bond motifs is 1. The number of nitrogens with zero attached hydrogens (tertiary/aromatic N) is 4. The summed E-state index contributed by atoms with van der Waals surface area (Å²) in [5, 5.41) is 3.90. The van der Waals surface area contributed by atoms with Crippen LogP contribution in [0.4, 0.5) is 21.8 Å². The Morgan fingerprint density at radius 3 is 2.48 bits per heavy atom. The first kappa shape index (κ1) is 21.2. The molecule has 0 atom stereocenters. The molecule has 33 heavy (non-hydrogen) atoms. The van der Waals surface area contributed by atoms with Crippen LogP contribution in [0, 0.1) is 5.82 Å². The van der Waals surface area contributed by atoms with E-state index < -0.39 is 0 Å². The second-order valence-corrected chi connectivity index (χ2v) is 8.30. The molecule has 3 N–H and O–H groups in total.